The normalized spacial score (nSPS) is 13.0. The van der Waals surface area contributed by atoms with Crippen LogP contribution in [0.3, 0.4) is 0 Å². The molecule has 0 radical (unpaired) electrons. The zero-order chi connectivity index (χ0) is 25.1. The number of hydrogen-bond donors (Lipinski definition) is 2. The summed E-state index contributed by atoms with van der Waals surface area (Å²) in [6.45, 7) is 8.61. The van der Waals surface area contributed by atoms with Crippen LogP contribution in [-0.4, -0.2) is 35.3 Å². The molecule has 0 aromatic carbocycles. The summed E-state index contributed by atoms with van der Waals surface area (Å²) < 4.78 is 36.5. The van der Waals surface area contributed by atoms with E-state index in [9.17, 15) is 18.9 Å². The molecule has 0 amide bonds. The average Bonchev–Trinajstić information content (AvgIpc) is 2.69. The minimum atomic E-state index is -4.21. The highest BCUT2D eigenvalue weighted by atomic mass is 31.2. The van der Waals surface area contributed by atoms with Gasteiger partial charge in [-0.1, -0.05) is 118 Å². The van der Waals surface area contributed by atoms with Crippen LogP contribution < -0.4 is 0 Å². The smallest absolute Gasteiger partial charge is 0.324 e. The predicted octanol–water partition coefficient (Wildman–Crippen LogP) is 8.70. The van der Waals surface area contributed by atoms with Gasteiger partial charge in [0.2, 0.25) is 0 Å². The Labute approximate surface area is 204 Å². The Morgan fingerprint density at radius 1 is 0.576 bits per heavy atom. The SMILES string of the molecule is CCCCCCCCCCOP(=O)(CC(C)(C)CP(=O)(O)O)OCCCCCCCCCC. The Kier molecular flexibility index (Phi) is 19.7. The monoisotopic (exact) mass is 512 g/mol. The van der Waals surface area contributed by atoms with Crippen LogP contribution in [0.1, 0.15) is 130 Å². The van der Waals surface area contributed by atoms with Gasteiger partial charge in [-0.2, -0.15) is 0 Å². The molecule has 33 heavy (non-hydrogen) atoms. The Hall–Kier alpha value is 0.300. The molecule has 8 heteroatoms. The fourth-order valence-corrected chi connectivity index (χ4v) is 7.77. The van der Waals surface area contributed by atoms with Crippen molar-refractivity contribution in [3.63, 3.8) is 0 Å². The lowest BCUT2D eigenvalue weighted by Gasteiger charge is -2.29. The maximum Gasteiger partial charge on any atom is 0.331 e. The molecule has 6 nitrogen and oxygen atoms in total. The summed E-state index contributed by atoms with van der Waals surface area (Å²) >= 11 is 0. The van der Waals surface area contributed by atoms with Crippen LogP contribution >= 0.6 is 15.2 Å². The second-order valence-electron chi connectivity index (χ2n) is 10.4. The molecular formula is C25H54O6P2. The number of unbranched alkanes of at least 4 members (excludes halogenated alkanes) is 14. The fourth-order valence-electron chi connectivity index (χ4n) is 4.14. The minimum Gasteiger partial charge on any atom is -0.324 e. The fraction of sp³-hybridized carbons (Fsp3) is 1.00. The van der Waals surface area contributed by atoms with E-state index >= 15 is 0 Å². The summed E-state index contributed by atoms with van der Waals surface area (Å²) in [5.41, 5.74) is -0.826. The molecule has 0 aliphatic rings. The van der Waals surface area contributed by atoms with Crippen LogP contribution in [0, 0.1) is 5.41 Å². The third kappa shape index (κ3) is 22.5. The molecule has 0 saturated carbocycles. The molecule has 0 saturated heterocycles. The van der Waals surface area contributed by atoms with E-state index in [1.165, 1.54) is 64.2 Å². The van der Waals surface area contributed by atoms with Crippen LogP contribution in [0.15, 0.2) is 0 Å². The molecule has 0 unspecified atom stereocenters. The molecule has 0 aromatic heterocycles. The number of rotatable bonds is 24. The van der Waals surface area contributed by atoms with Crippen LogP contribution in [0.25, 0.3) is 0 Å². The van der Waals surface area contributed by atoms with Gasteiger partial charge in [0.25, 0.3) is 0 Å². The summed E-state index contributed by atoms with van der Waals surface area (Å²) in [6.07, 6.45) is 18.4. The second-order valence-corrected chi connectivity index (χ2v) is 14.1. The number of hydrogen-bond acceptors (Lipinski definition) is 4. The molecule has 2 N–H and O–H groups in total. The lowest BCUT2D eigenvalue weighted by Crippen LogP contribution is -2.24. The summed E-state index contributed by atoms with van der Waals surface area (Å²) in [5, 5.41) is 0. The van der Waals surface area contributed by atoms with Crippen molar-refractivity contribution in [1.29, 1.82) is 0 Å². The molecule has 0 aliphatic carbocycles. The Morgan fingerprint density at radius 3 is 1.24 bits per heavy atom. The Bertz CT molecular complexity index is 521. The highest BCUT2D eigenvalue weighted by Crippen LogP contribution is 2.55. The third-order valence-corrected chi connectivity index (χ3v) is 9.49. The topological polar surface area (TPSA) is 93.1 Å². The van der Waals surface area contributed by atoms with Crippen molar-refractivity contribution in [3.05, 3.63) is 0 Å². The van der Waals surface area contributed by atoms with Crippen LogP contribution in [0.2, 0.25) is 0 Å². The van der Waals surface area contributed by atoms with E-state index in [2.05, 4.69) is 13.8 Å². The standard InChI is InChI=1S/C25H54O6P2/c1-5-7-9-11-13-15-17-19-21-30-33(29,24-25(3,4)23-32(26,27)28)31-22-20-18-16-14-12-10-8-6-2/h5-24H2,1-4H3,(H2,26,27,28). The lowest BCUT2D eigenvalue weighted by molar-refractivity contribution is 0.189. The van der Waals surface area contributed by atoms with Crippen LogP contribution in [-0.2, 0) is 18.2 Å². The van der Waals surface area contributed by atoms with Crippen molar-refractivity contribution < 1.29 is 28.0 Å². The van der Waals surface area contributed by atoms with E-state index in [0.29, 0.717) is 13.2 Å². The molecule has 0 heterocycles. The molecule has 0 spiro atoms. The molecule has 0 aromatic rings. The van der Waals surface area contributed by atoms with Gasteiger partial charge in [-0.15, -0.1) is 0 Å². The van der Waals surface area contributed by atoms with Crippen molar-refractivity contribution in [2.45, 2.75) is 130 Å². The third-order valence-electron chi connectivity index (χ3n) is 5.83. The minimum absolute atomic E-state index is 0.0269. The van der Waals surface area contributed by atoms with Gasteiger partial charge >= 0.3 is 15.2 Å². The van der Waals surface area contributed by atoms with E-state index < -0.39 is 20.6 Å². The summed E-state index contributed by atoms with van der Waals surface area (Å²) in [4.78, 5) is 18.8. The zero-order valence-corrected chi connectivity index (χ0v) is 23.9. The van der Waals surface area contributed by atoms with E-state index in [-0.39, 0.29) is 12.3 Å². The van der Waals surface area contributed by atoms with Gasteiger partial charge in [0.05, 0.1) is 25.5 Å². The quantitative estimate of drug-likeness (QED) is 0.0992. The maximum atomic E-state index is 13.4. The van der Waals surface area contributed by atoms with E-state index in [1.807, 2.05) is 0 Å². The van der Waals surface area contributed by atoms with Gasteiger partial charge in [-0.3, -0.25) is 9.13 Å². The van der Waals surface area contributed by atoms with Crippen molar-refractivity contribution in [2.75, 3.05) is 25.5 Å². The van der Waals surface area contributed by atoms with Crippen molar-refractivity contribution in [2.24, 2.45) is 5.41 Å². The molecule has 200 valence electrons. The molecular weight excluding hydrogens is 458 g/mol. The molecule has 0 aliphatic heterocycles. The lowest BCUT2D eigenvalue weighted by atomic mass is 10.0. The van der Waals surface area contributed by atoms with Gasteiger partial charge in [0.15, 0.2) is 0 Å². The molecule has 0 fully saturated rings. The van der Waals surface area contributed by atoms with E-state index in [4.69, 9.17) is 9.05 Å². The predicted molar refractivity (Wildman–Crippen MR) is 140 cm³/mol. The molecule has 0 bridgehead atoms. The van der Waals surface area contributed by atoms with E-state index in [0.717, 1.165) is 38.5 Å². The Balaban J connectivity index is 4.44. The van der Waals surface area contributed by atoms with Crippen molar-refractivity contribution >= 4 is 15.2 Å². The van der Waals surface area contributed by atoms with Gasteiger partial charge in [-0.25, -0.2) is 0 Å². The summed E-state index contributed by atoms with van der Waals surface area (Å²) in [5.74, 6) is 0. The largest absolute Gasteiger partial charge is 0.331 e. The van der Waals surface area contributed by atoms with Gasteiger partial charge < -0.3 is 18.8 Å². The molecule has 0 atom stereocenters. The van der Waals surface area contributed by atoms with Gasteiger partial charge in [0, 0.05) is 0 Å². The first-order valence-electron chi connectivity index (χ1n) is 13.5. The maximum absolute atomic E-state index is 13.4. The first-order chi connectivity index (χ1) is 15.5. The first-order valence-corrected chi connectivity index (χ1v) is 17.0. The Morgan fingerprint density at radius 2 is 0.909 bits per heavy atom. The highest BCUT2D eigenvalue weighted by molar-refractivity contribution is 7.54. The summed E-state index contributed by atoms with van der Waals surface area (Å²) in [6, 6.07) is 0. The van der Waals surface area contributed by atoms with Gasteiger partial charge in [-0.05, 0) is 18.3 Å². The van der Waals surface area contributed by atoms with Crippen LogP contribution in [0.5, 0.6) is 0 Å². The van der Waals surface area contributed by atoms with Crippen molar-refractivity contribution in [1.82, 2.24) is 0 Å². The first kappa shape index (κ1) is 33.3. The van der Waals surface area contributed by atoms with Crippen molar-refractivity contribution in [3.8, 4) is 0 Å². The van der Waals surface area contributed by atoms with Gasteiger partial charge in [0.1, 0.15) is 0 Å². The van der Waals surface area contributed by atoms with E-state index in [1.54, 1.807) is 13.8 Å². The second kappa shape index (κ2) is 19.5. The summed E-state index contributed by atoms with van der Waals surface area (Å²) in [7, 11) is -7.62. The average molecular weight is 513 g/mol. The highest BCUT2D eigenvalue weighted by Gasteiger charge is 2.37. The zero-order valence-electron chi connectivity index (χ0n) is 22.1. The van der Waals surface area contributed by atoms with Crippen LogP contribution in [0.4, 0.5) is 0 Å². The molecule has 0 rings (SSSR count).